The van der Waals surface area contributed by atoms with Crippen molar-refractivity contribution in [3.63, 3.8) is 0 Å². The molecule has 2 aliphatic heterocycles. The number of guanidine groups is 1. The first-order valence-electron chi connectivity index (χ1n) is 11.5. The lowest BCUT2D eigenvalue weighted by atomic mass is 10.1. The van der Waals surface area contributed by atoms with Gasteiger partial charge in [0, 0.05) is 50.0 Å². The van der Waals surface area contributed by atoms with Crippen molar-refractivity contribution in [2.24, 2.45) is 4.99 Å². The van der Waals surface area contributed by atoms with Crippen LogP contribution in [-0.4, -0.2) is 49.1 Å². The van der Waals surface area contributed by atoms with E-state index < -0.39 is 0 Å². The van der Waals surface area contributed by atoms with E-state index in [2.05, 4.69) is 39.7 Å². The smallest absolute Gasteiger partial charge is 0.206 e. The van der Waals surface area contributed by atoms with Crippen LogP contribution in [0, 0.1) is 11.3 Å². The number of nitrogens with zero attached hydrogens (tertiary/aromatic N) is 4. The van der Waals surface area contributed by atoms with Gasteiger partial charge in [-0.15, -0.1) is 11.3 Å². The van der Waals surface area contributed by atoms with E-state index >= 15 is 0 Å². The number of fused-ring (bicyclic) bond motifs is 1. The van der Waals surface area contributed by atoms with E-state index in [0.29, 0.717) is 12.1 Å². The maximum absolute atomic E-state index is 9.60. The number of nitrogens with one attached hydrogen (secondary N) is 1. The highest BCUT2D eigenvalue weighted by atomic mass is 32.1. The lowest BCUT2D eigenvalue weighted by Gasteiger charge is -2.39. The van der Waals surface area contributed by atoms with E-state index in [9.17, 15) is 5.26 Å². The maximum Gasteiger partial charge on any atom is 0.206 e. The molecule has 1 N–H and O–H groups in total. The molecule has 0 atom stereocenters. The SMILES string of the molecule is C=C(NCCCOC)c1csc2c1N=C(N1CCCCC1)N(Cc1ccccc1C#N)C2=C. The molecule has 1 aromatic heterocycles. The van der Waals surface area contributed by atoms with E-state index in [1.807, 2.05) is 24.3 Å². The summed E-state index contributed by atoms with van der Waals surface area (Å²) in [7, 11) is 1.72. The molecule has 0 aliphatic carbocycles. The van der Waals surface area contributed by atoms with Crippen molar-refractivity contribution < 1.29 is 4.74 Å². The standard InChI is InChI=1S/C26H31N5OS/c1-19(28-12-9-15-32-3)23-18-33-25-20(2)31(17-22-11-6-5-10-21(22)16-27)26(29-24(23)25)30-13-7-4-8-14-30/h5-6,10-11,18,28H,1-2,4,7-9,12-15,17H2,3H3. The number of hydrogen-bond donors (Lipinski definition) is 1. The molecule has 0 spiro atoms. The van der Waals surface area contributed by atoms with E-state index in [0.717, 1.165) is 84.5 Å². The summed E-state index contributed by atoms with van der Waals surface area (Å²) in [5.41, 5.74) is 5.45. The molecule has 0 amide bonds. The van der Waals surface area contributed by atoms with Gasteiger partial charge in [0.15, 0.2) is 0 Å². The normalized spacial score (nSPS) is 15.6. The summed E-state index contributed by atoms with van der Waals surface area (Å²) in [6.45, 7) is 12.8. The molecule has 7 heteroatoms. The number of methoxy groups -OCH3 is 1. The van der Waals surface area contributed by atoms with Crippen molar-refractivity contribution in [2.75, 3.05) is 33.4 Å². The molecule has 33 heavy (non-hydrogen) atoms. The quantitative estimate of drug-likeness (QED) is 0.549. The summed E-state index contributed by atoms with van der Waals surface area (Å²) in [4.78, 5) is 10.8. The third-order valence-electron chi connectivity index (χ3n) is 6.10. The second kappa shape index (κ2) is 10.7. The Kier molecular flexibility index (Phi) is 7.48. The van der Waals surface area contributed by atoms with Crippen molar-refractivity contribution in [2.45, 2.75) is 32.2 Å². The summed E-state index contributed by atoms with van der Waals surface area (Å²) in [5, 5.41) is 15.1. The van der Waals surface area contributed by atoms with Gasteiger partial charge in [0.2, 0.25) is 5.96 Å². The zero-order valence-corrected chi connectivity index (χ0v) is 20.1. The van der Waals surface area contributed by atoms with Crippen LogP contribution >= 0.6 is 11.3 Å². The number of likely N-dealkylation sites (tertiary alicyclic amines) is 1. The molecule has 4 rings (SSSR count). The number of nitriles is 1. The minimum atomic E-state index is 0.570. The maximum atomic E-state index is 9.60. The van der Waals surface area contributed by atoms with E-state index in [4.69, 9.17) is 9.73 Å². The topological polar surface area (TPSA) is 63.9 Å². The summed E-state index contributed by atoms with van der Waals surface area (Å²) in [5.74, 6) is 0.923. The molecule has 0 unspecified atom stereocenters. The Bertz CT molecular complexity index is 1090. The highest BCUT2D eigenvalue weighted by Gasteiger charge is 2.31. The van der Waals surface area contributed by atoms with Crippen LogP contribution in [0.3, 0.4) is 0 Å². The number of aliphatic imine (C=N–C) groups is 1. The number of thiophene rings is 1. The lowest BCUT2D eigenvalue weighted by molar-refractivity contribution is 0.195. The van der Waals surface area contributed by atoms with Crippen LogP contribution < -0.4 is 5.32 Å². The minimum absolute atomic E-state index is 0.570. The first kappa shape index (κ1) is 23.1. The molecule has 0 saturated carbocycles. The Morgan fingerprint density at radius 3 is 2.82 bits per heavy atom. The van der Waals surface area contributed by atoms with E-state index in [-0.39, 0.29) is 0 Å². The Labute approximate surface area is 200 Å². The fourth-order valence-electron chi connectivity index (χ4n) is 4.28. The van der Waals surface area contributed by atoms with Crippen LogP contribution in [0.4, 0.5) is 5.69 Å². The zero-order chi connectivity index (χ0) is 23.2. The monoisotopic (exact) mass is 461 g/mol. The van der Waals surface area contributed by atoms with Crippen LogP contribution in [0.5, 0.6) is 0 Å². The van der Waals surface area contributed by atoms with Crippen LogP contribution in [0.25, 0.3) is 11.4 Å². The zero-order valence-electron chi connectivity index (χ0n) is 19.3. The number of rotatable bonds is 8. The Morgan fingerprint density at radius 1 is 1.27 bits per heavy atom. The van der Waals surface area contributed by atoms with Crippen LogP contribution in [0.1, 0.15) is 47.3 Å². The van der Waals surface area contributed by atoms with E-state index in [1.54, 1.807) is 18.4 Å². The Hall–Kier alpha value is -3.08. The predicted molar refractivity (Wildman–Crippen MR) is 136 cm³/mol. The molecular formula is C26H31N5OS. The molecule has 3 heterocycles. The summed E-state index contributed by atoms with van der Waals surface area (Å²) < 4.78 is 5.15. The van der Waals surface area contributed by atoms with Crippen molar-refractivity contribution in [1.29, 1.82) is 5.26 Å². The van der Waals surface area contributed by atoms with Gasteiger partial charge in [-0.1, -0.05) is 31.4 Å². The van der Waals surface area contributed by atoms with Gasteiger partial charge in [0.25, 0.3) is 0 Å². The second-order valence-corrected chi connectivity index (χ2v) is 9.22. The van der Waals surface area contributed by atoms with Gasteiger partial charge in [0.1, 0.15) is 0 Å². The van der Waals surface area contributed by atoms with Crippen molar-refractivity contribution >= 4 is 34.4 Å². The molecule has 1 fully saturated rings. The average molecular weight is 462 g/mol. The Balaban J connectivity index is 1.67. The third kappa shape index (κ3) is 4.97. The fourth-order valence-corrected chi connectivity index (χ4v) is 5.28. The van der Waals surface area contributed by atoms with Gasteiger partial charge in [-0.05, 0) is 37.3 Å². The lowest BCUT2D eigenvalue weighted by Crippen LogP contribution is -2.46. The minimum Gasteiger partial charge on any atom is -0.385 e. The predicted octanol–water partition coefficient (Wildman–Crippen LogP) is 5.18. The van der Waals surface area contributed by atoms with E-state index in [1.165, 1.54) is 6.42 Å². The second-order valence-electron chi connectivity index (χ2n) is 8.34. The highest BCUT2D eigenvalue weighted by Crippen LogP contribution is 2.44. The molecule has 172 valence electrons. The highest BCUT2D eigenvalue weighted by molar-refractivity contribution is 7.12. The molecule has 1 aromatic carbocycles. The third-order valence-corrected chi connectivity index (χ3v) is 7.12. The molecular weight excluding hydrogens is 430 g/mol. The molecule has 1 saturated heterocycles. The summed E-state index contributed by atoms with van der Waals surface area (Å²) in [6, 6.07) is 10.1. The first-order valence-corrected chi connectivity index (χ1v) is 12.3. The number of hydrogen-bond acceptors (Lipinski definition) is 7. The molecule has 2 aliphatic rings. The van der Waals surface area contributed by atoms with Gasteiger partial charge >= 0.3 is 0 Å². The number of benzene rings is 1. The van der Waals surface area contributed by atoms with Crippen LogP contribution in [-0.2, 0) is 11.3 Å². The first-order chi connectivity index (χ1) is 16.1. The van der Waals surface area contributed by atoms with Crippen LogP contribution in [0.2, 0.25) is 0 Å². The van der Waals surface area contributed by atoms with Gasteiger partial charge in [-0.25, -0.2) is 4.99 Å². The van der Waals surface area contributed by atoms with Gasteiger partial charge in [-0.3, -0.25) is 0 Å². The fraction of sp³-hybridized carbons (Fsp3) is 0.385. The van der Waals surface area contributed by atoms with Gasteiger partial charge in [-0.2, -0.15) is 5.26 Å². The Morgan fingerprint density at radius 2 is 2.06 bits per heavy atom. The van der Waals surface area contributed by atoms with Crippen molar-refractivity contribution in [3.05, 3.63) is 64.4 Å². The van der Waals surface area contributed by atoms with Crippen molar-refractivity contribution in [1.82, 2.24) is 15.1 Å². The molecule has 0 bridgehead atoms. The van der Waals surface area contributed by atoms with Gasteiger partial charge in [0.05, 0.1) is 34.4 Å². The van der Waals surface area contributed by atoms with Gasteiger partial charge < -0.3 is 19.9 Å². The average Bonchev–Trinajstić information content (AvgIpc) is 3.28. The molecule has 6 nitrogen and oxygen atoms in total. The largest absolute Gasteiger partial charge is 0.385 e. The summed E-state index contributed by atoms with van der Waals surface area (Å²) in [6.07, 6.45) is 4.48. The number of ether oxygens (including phenoxy) is 1. The summed E-state index contributed by atoms with van der Waals surface area (Å²) >= 11 is 1.65. The van der Waals surface area contributed by atoms with Crippen molar-refractivity contribution in [3.8, 4) is 6.07 Å². The van der Waals surface area contributed by atoms with Crippen LogP contribution in [0.15, 0.2) is 47.8 Å². The number of piperidine rings is 1. The molecule has 0 radical (unpaired) electrons. The molecule has 2 aromatic rings.